The molecule has 0 nitrogen and oxygen atoms in total. The van der Waals surface area contributed by atoms with Crippen molar-refractivity contribution < 1.29 is 0 Å². The van der Waals surface area contributed by atoms with Crippen LogP contribution in [0.25, 0.3) is 0 Å². The zero-order chi connectivity index (χ0) is 17.9. The second-order valence-electron chi connectivity index (χ2n) is 7.38. The molecule has 0 unspecified atom stereocenters. The Kier molecular flexibility index (Phi) is 19.7. The quantitative estimate of drug-likeness (QED) is 0.120. The van der Waals surface area contributed by atoms with E-state index in [4.69, 9.17) is 34.8 Å². The van der Waals surface area contributed by atoms with E-state index >= 15 is 0 Å². The van der Waals surface area contributed by atoms with Crippen molar-refractivity contribution in [1.82, 2.24) is 0 Å². The first kappa shape index (κ1) is 25.1. The number of rotatable bonds is 18. The van der Waals surface area contributed by atoms with Crippen LogP contribution < -0.4 is 0 Å². The van der Waals surface area contributed by atoms with Gasteiger partial charge in [0.15, 0.2) is 3.79 Å². The van der Waals surface area contributed by atoms with E-state index in [1.807, 2.05) is 0 Å². The fraction of sp³-hybridized carbons (Fsp3) is 1.00. The van der Waals surface area contributed by atoms with E-state index in [1.165, 1.54) is 119 Å². The van der Waals surface area contributed by atoms with Gasteiger partial charge < -0.3 is 0 Å². The normalized spacial score (nSPS) is 12.1. The minimum Gasteiger partial charge on any atom is -0.0837 e. The molecule has 0 saturated carbocycles. The Balaban J connectivity index is 3.00. The van der Waals surface area contributed by atoms with Crippen molar-refractivity contribution >= 4 is 45.0 Å². The highest BCUT2D eigenvalue weighted by molar-refractivity contribution is 6.67. The van der Waals surface area contributed by atoms with Crippen LogP contribution in [0.15, 0.2) is 0 Å². The minimum atomic E-state index is -1.05. The summed E-state index contributed by atoms with van der Waals surface area (Å²) in [5, 5.41) is 0. The lowest BCUT2D eigenvalue weighted by molar-refractivity contribution is 0.525. The molecule has 0 aliphatic rings. The van der Waals surface area contributed by atoms with Gasteiger partial charge in [-0.25, -0.2) is 0 Å². The molecule has 0 bridgehead atoms. The Hall–Kier alpha value is 1.09. The standard InChI is InChI=1S/C20H41Cl3Si/c21-20(22,23)18-16-14-12-10-8-6-4-2-1-3-5-7-9-11-13-15-17-19-24/h1-19H2,24H3. The molecule has 0 aromatic heterocycles. The monoisotopic (exact) mass is 414 g/mol. The summed E-state index contributed by atoms with van der Waals surface area (Å²) in [7, 11) is 1.40. The van der Waals surface area contributed by atoms with Crippen LogP contribution in [0.1, 0.15) is 116 Å². The zero-order valence-corrected chi connectivity index (χ0v) is 20.3. The topological polar surface area (TPSA) is 0 Å². The van der Waals surface area contributed by atoms with Gasteiger partial charge in [0.2, 0.25) is 0 Å². The highest BCUT2D eigenvalue weighted by atomic mass is 35.6. The number of hydrogen-bond donors (Lipinski definition) is 0. The van der Waals surface area contributed by atoms with Gasteiger partial charge >= 0.3 is 0 Å². The molecule has 0 radical (unpaired) electrons. The van der Waals surface area contributed by atoms with E-state index in [9.17, 15) is 0 Å². The maximum absolute atomic E-state index is 5.74. The van der Waals surface area contributed by atoms with Gasteiger partial charge in [0.25, 0.3) is 0 Å². The van der Waals surface area contributed by atoms with Crippen molar-refractivity contribution in [2.24, 2.45) is 0 Å². The fourth-order valence-corrected chi connectivity index (χ4v) is 4.13. The lowest BCUT2D eigenvalue weighted by atomic mass is 10.0. The molecule has 0 N–H and O–H groups in total. The predicted octanol–water partition coefficient (Wildman–Crippen LogP) is 8.16. The molecule has 0 amide bonds. The largest absolute Gasteiger partial charge is 0.190 e. The van der Waals surface area contributed by atoms with E-state index in [0.717, 1.165) is 6.42 Å². The summed E-state index contributed by atoms with van der Waals surface area (Å²) in [6.07, 6.45) is 24.5. The molecule has 4 heteroatoms. The van der Waals surface area contributed by atoms with Crippen LogP contribution in [0.3, 0.4) is 0 Å². The Morgan fingerprint density at radius 1 is 0.417 bits per heavy atom. The van der Waals surface area contributed by atoms with Crippen molar-refractivity contribution in [2.75, 3.05) is 0 Å². The second-order valence-corrected chi connectivity index (χ2v) is 10.9. The van der Waals surface area contributed by atoms with Crippen LogP contribution in [-0.4, -0.2) is 14.0 Å². The smallest absolute Gasteiger partial charge is 0.0837 e. The SMILES string of the molecule is [SiH3]CCCCCCCCCCCCCCCCCCCC(Cl)(Cl)Cl. The van der Waals surface area contributed by atoms with Gasteiger partial charge in [-0.3, -0.25) is 0 Å². The van der Waals surface area contributed by atoms with Crippen molar-refractivity contribution in [3.63, 3.8) is 0 Å². The molecule has 0 atom stereocenters. The number of hydrogen-bond acceptors (Lipinski definition) is 0. The minimum absolute atomic E-state index is 0.692. The number of halogens is 3. The van der Waals surface area contributed by atoms with Gasteiger partial charge in [-0.15, -0.1) is 0 Å². The Morgan fingerprint density at radius 2 is 0.667 bits per heavy atom. The summed E-state index contributed by atoms with van der Waals surface area (Å²) in [6.45, 7) is 0. The van der Waals surface area contributed by atoms with E-state index in [-0.39, 0.29) is 0 Å². The predicted molar refractivity (Wildman–Crippen MR) is 118 cm³/mol. The van der Waals surface area contributed by atoms with Crippen molar-refractivity contribution in [2.45, 2.75) is 125 Å². The molecule has 0 aliphatic carbocycles. The summed E-state index contributed by atoms with van der Waals surface area (Å²) >= 11 is 17.2. The lowest BCUT2D eigenvalue weighted by Crippen LogP contribution is -2.00. The fourth-order valence-electron chi connectivity index (χ4n) is 3.23. The Bertz CT molecular complexity index is 242. The molecular weight excluding hydrogens is 375 g/mol. The van der Waals surface area contributed by atoms with Gasteiger partial charge in [0.1, 0.15) is 0 Å². The molecular formula is C20H41Cl3Si. The third-order valence-electron chi connectivity index (χ3n) is 4.81. The van der Waals surface area contributed by atoms with Crippen LogP contribution >= 0.6 is 34.8 Å². The number of unbranched alkanes of at least 4 members (excludes halogenated alkanes) is 16. The third kappa shape index (κ3) is 23.1. The Labute approximate surface area is 170 Å². The van der Waals surface area contributed by atoms with Gasteiger partial charge in [0, 0.05) is 10.2 Å². The van der Waals surface area contributed by atoms with E-state index < -0.39 is 3.79 Å². The molecule has 0 fully saturated rings. The number of alkyl halides is 3. The molecule has 0 aromatic rings. The first-order chi connectivity index (χ1) is 11.6. The van der Waals surface area contributed by atoms with Gasteiger partial charge in [-0.05, 0) is 12.8 Å². The molecule has 0 spiro atoms. The van der Waals surface area contributed by atoms with Gasteiger partial charge in [0.05, 0.1) is 0 Å². The first-order valence-corrected chi connectivity index (χ1v) is 13.2. The van der Waals surface area contributed by atoms with Crippen LogP contribution in [0.5, 0.6) is 0 Å². The molecule has 0 heterocycles. The second kappa shape index (κ2) is 18.9. The van der Waals surface area contributed by atoms with E-state index in [2.05, 4.69) is 0 Å². The van der Waals surface area contributed by atoms with Crippen molar-refractivity contribution in [1.29, 1.82) is 0 Å². The molecule has 24 heavy (non-hydrogen) atoms. The summed E-state index contributed by atoms with van der Waals surface area (Å²) in [4.78, 5) is 0. The third-order valence-corrected chi connectivity index (χ3v) is 6.09. The molecule has 146 valence electrons. The van der Waals surface area contributed by atoms with Crippen LogP contribution in [0, 0.1) is 0 Å². The van der Waals surface area contributed by atoms with Gasteiger partial charge in [-0.1, -0.05) is 144 Å². The highest BCUT2D eigenvalue weighted by Crippen LogP contribution is 2.32. The molecule has 0 rings (SSSR count). The van der Waals surface area contributed by atoms with Crippen molar-refractivity contribution in [3.8, 4) is 0 Å². The summed E-state index contributed by atoms with van der Waals surface area (Å²) in [5.41, 5.74) is 0. The van der Waals surface area contributed by atoms with Crippen LogP contribution in [0.4, 0.5) is 0 Å². The average molecular weight is 416 g/mol. The van der Waals surface area contributed by atoms with Gasteiger partial charge in [-0.2, -0.15) is 0 Å². The molecule has 0 aromatic carbocycles. The van der Waals surface area contributed by atoms with E-state index in [0.29, 0.717) is 6.42 Å². The lowest BCUT2D eigenvalue weighted by Gasteiger charge is -2.09. The Morgan fingerprint density at radius 3 is 0.917 bits per heavy atom. The maximum atomic E-state index is 5.74. The first-order valence-electron chi connectivity index (χ1n) is 10.6. The van der Waals surface area contributed by atoms with E-state index in [1.54, 1.807) is 0 Å². The van der Waals surface area contributed by atoms with Crippen molar-refractivity contribution in [3.05, 3.63) is 0 Å². The summed E-state index contributed by atoms with van der Waals surface area (Å²) < 4.78 is -1.05. The van der Waals surface area contributed by atoms with Crippen LogP contribution in [-0.2, 0) is 0 Å². The summed E-state index contributed by atoms with van der Waals surface area (Å²) in [5.74, 6) is 0. The maximum Gasteiger partial charge on any atom is 0.190 e. The highest BCUT2D eigenvalue weighted by Gasteiger charge is 2.17. The average Bonchev–Trinajstić information content (AvgIpc) is 2.52. The molecule has 0 aliphatic heterocycles. The summed E-state index contributed by atoms with van der Waals surface area (Å²) in [6, 6.07) is 1.50. The molecule has 0 saturated heterocycles. The van der Waals surface area contributed by atoms with Crippen LogP contribution in [0.2, 0.25) is 6.04 Å². The zero-order valence-electron chi connectivity index (χ0n) is 16.1.